The summed E-state index contributed by atoms with van der Waals surface area (Å²) in [5, 5.41) is 3.82. The highest BCUT2D eigenvalue weighted by atomic mass is 32.2. The van der Waals surface area contributed by atoms with E-state index < -0.39 is 33.3 Å². The molecule has 0 saturated carbocycles. The third-order valence-corrected chi connectivity index (χ3v) is 6.26. The number of sulfone groups is 1. The summed E-state index contributed by atoms with van der Waals surface area (Å²) in [7, 11) is -3.91. The van der Waals surface area contributed by atoms with Gasteiger partial charge in [0.05, 0.1) is 17.0 Å². The maximum absolute atomic E-state index is 12.7. The zero-order valence-electron chi connectivity index (χ0n) is 13.9. The van der Waals surface area contributed by atoms with Gasteiger partial charge in [0.1, 0.15) is 0 Å². The number of carbonyl (C=O) groups is 2. The molecule has 0 unspecified atom stereocenters. The van der Waals surface area contributed by atoms with Crippen LogP contribution in [0.5, 0.6) is 0 Å². The quantitative estimate of drug-likeness (QED) is 0.881. The van der Waals surface area contributed by atoms with E-state index in [-0.39, 0.29) is 10.6 Å². The summed E-state index contributed by atoms with van der Waals surface area (Å²) in [6, 6.07) is 11.8. The molecule has 130 valence electrons. The number of hydrogen-bond donors (Lipinski definition) is 2. The Kier molecular flexibility index (Phi) is 4.34. The van der Waals surface area contributed by atoms with Crippen LogP contribution in [0.4, 0.5) is 11.4 Å². The molecular formula is C18H18N2O4S. The molecule has 0 aromatic heterocycles. The Morgan fingerprint density at radius 1 is 1.16 bits per heavy atom. The number of amides is 2. The Morgan fingerprint density at radius 2 is 1.88 bits per heavy atom. The largest absolute Gasteiger partial charge is 0.326 e. The minimum Gasteiger partial charge on any atom is -0.326 e. The van der Waals surface area contributed by atoms with E-state index >= 15 is 0 Å². The predicted molar refractivity (Wildman–Crippen MR) is 95.2 cm³/mol. The van der Waals surface area contributed by atoms with E-state index in [1.54, 1.807) is 18.2 Å². The summed E-state index contributed by atoms with van der Waals surface area (Å²) in [6.07, 6.45) is -0.435. The maximum Gasteiger partial charge on any atom is 0.243 e. The lowest BCUT2D eigenvalue weighted by Gasteiger charge is -2.24. The number of aryl methyl sites for hydroxylation is 2. The monoisotopic (exact) mass is 358 g/mol. The maximum atomic E-state index is 12.7. The van der Waals surface area contributed by atoms with Gasteiger partial charge in [-0.05, 0) is 43.2 Å². The number of fused-ring (bicyclic) bond motifs is 1. The first-order valence-corrected chi connectivity index (χ1v) is 9.34. The lowest BCUT2D eigenvalue weighted by atomic mass is 10.1. The van der Waals surface area contributed by atoms with Gasteiger partial charge in [-0.15, -0.1) is 0 Å². The molecule has 1 heterocycles. The van der Waals surface area contributed by atoms with Gasteiger partial charge >= 0.3 is 0 Å². The van der Waals surface area contributed by atoms with E-state index in [1.807, 2.05) is 26.0 Å². The van der Waals surface area contributed by atoms with Crippen LogP contribution in [0.15, 0.2) is 47.4 Å². The predicted octanol–water partition coefficient (Wildman–Crippen LogP) is 2.43. The Balaban J connectivity index is 1.84. The van der Waals surface area contributed by atoms with Crippen molar-refractivity contribution in [1.82, 2.24) is 0 Å². The van der Waals surface area contributed by atoms with Gasteiger partial charge in [0.2, 0.25) is 11.8 Å². The molecule has 7 heteroatoms. The molecule has 0 spiro atoms. The molecule has 2 aromatic rings. The summed E-state index contributed by atoms with van der Waals surface area (Å²) in [5.41, 5.74) is 2.69. The van der Waals surface area contributed by atoms with Crippen LogP contribution in [0.1, 0.15) is 17.5 Å². The average molecular weight is 358 g/mol. The van der Waals surface area contributed by atoms with E-state index in [2.05, 4.69) is 10.6 Å². The molecule has 0 saturated heterocycles. The van der Waals surface area contributed by atoms with Crippen molar-refractivity contribution in [1.29, 1.82) is 0 Å². The van der Waals surface area contributed by atoms with Gasteiger partial charge < -0.3 is 10.6 Å². The van der Waals surface area contributed by atoms with Crippen molar-refractivity contribution >= 4 is 33.0 Å². The van der Waals surface area contributed by atoms with Crippen LogP contribution < -0.4 is 10.6 Å². The third kappa shape index (κ3) is 3.28. The molecule has 0 fully saturated rings. The first-order valence-electron chi connectivity index (χ1n) is 7.80. The molecule has 6 nitrogen and oxygen atoms in total. The van der Waals surface area contributed by atoms with Gasteiger partial charge in [0, 0.05) is 5.69 Å². The number of para-hydroxylation sites is 1. The van der Waals surface area contributed by atoms with Gasteiger partial charge in [-0.2, -0.15) is 0 Å². The van der Waals surface area contributed by atoms with Gasteiger partial charge in [0.15, 0.2) is 15.1 Å². The highest BCUT2D eigenvalue weighted by molar-refractivity contribution is 7.93. The number of anilines is 2. The summed E-state index contributed by atoms with van der Waals surface area (Å²) in [4.78, 5) is 24.6. The lowest BCUT2D eigenvalue weighted by Crippen LogP contribution is -2.42. The van der Waals surface area contributed by atoms with Crippen molar-refractivity contribution in [3.8, 4) is 0 Å². The number of hydrogen-bond acceptors (Lipinski definition) is 4. The van der Waals surface area contributed by atoms with Gasteiger partial charge in [-0.25, -0.2) is 8.42 Å². The fourth-order valence-corrected chi connectivity index (χ4v) is 4.48. The number of carbonyl (C=O) groups excluding carboxylic acids is 2. The highest BCUT2D eigenvalue weighted by Crippen LogP contribution is 2.31. The van der Waals surface area contributed by atoms with Crippen molar-refractivity contribution in [2.24, 2.45) is 0 Å². The Morgan fingerprint density at radius 3 is 2.64 bits per heavy atom. The molecule has 0 radical (unpaired) electrons. The van der Waals surface area contributed by atoms with Crippen molar-refractivity contribution < 1.29 is 18.0 Å². The van der Waals surface area contributed by atoms with Crippen LogP contribution in [0.25, 0.3) is 0 Å². The zero-order chi connectivity index (χ0) is 18.2. The average Bonchev–Trinajstić information content (AvgIpc) is 2.55. The lowest BCUT2D eigenvalue weighted by molar-refractivity contribution is -0.121. The van der Waals surface area contributed by atoms with Crippen molar-refractivity contribution in [3.05, 3.63) is 53.6 Å². The van der Waals surface area contributed by atoms with Gasteiger partial charge in [-0.1, -0.05) is 24.3 Å². The standard InChI is InChI=1S/C18H18N2O4S/c1-11-7-8-12(2)14(9-11)19-17(21)10-16-18(22)20-13-5-3-4-6-15(13)25(16,23)24/h3-9,16H,10H2,1-2H3,(H,19,21)(H,20,22)/t16-/m0/s1. The smallest absolute Gasteiger partial charge is 0.243 e. The second kappa shape index (κ2) is 6.33. The summed E-state index contributed by atoms with van der Waals surface area (Å²) < 4.78 is 25.4. The summed E-state index contributed by atoms with van der Waals surface area (Å²) in [6.45, 7) is 3.74. The second-order valence-corrected chi connectivity index (χ2v) is 8.19. The number of nitrogens with one attached hydrogen (secondary N) is 2. The van der Waals surface area contributed by atoms with Crippen LogP contribution >= 0.6 is 0 Å². The first-order chi connectivity index (χ1) is 11.8. The topological polar surface area (TPSA) is 92.3 Å². The van der Waals surface area contributed by atoms with Crippen LogP contribution in [0.3, 0.4) is 0 Å². The zero-order valence-corrected chi connectivity index (χ0v) is 14.7. The minimum absolute atomic E-state index is 0.0409. The molecule has 0 bridgehead atoms. The SMILES string of the molecule is Cc1ccc(C)c(NC(=O)C[C@H]2C(=O)Nc3ccccc3S2(=O)=O)c1. The minimum atomic E-state index is -3.91. The summed E-state index contributed by atoms with van der Waals surface area (Å²) >= 11 is 0. The molecule has 2 N–H and O–H groups in total. The van der Waals surface area contributed by atoms with E-state index in [1.165, 1.54) is 12.1 Å². The molecule has 25 heavy (non-hydrogen) atoms. The van der Waals surface area contributed by atoms with Crippen molar-refractivity contribution in [2.45, 2.75) is 30.4 Å². The fraction of sp³-hybridized carbons (Fsp3) is 0.222. The second-order valence-electron chi connectivity index (χ2n) is 6.09. The van der Waals surface area contributed by atoms with Crippen LogP contribution in [0, 0.1) is 13.8 Å². The Hall–Kier alpha value is -2.67. The van der Waals surface area contributed by atoms with Crippen LogP contribution in [-0.4, -0.2) is 25.5 Å². The van der Waals surface area contributed by atoms with Gasteiger partial charge in [0.25, 0.3) is 0 Å². The van der Waals surface area contributed by atoms with E-state index in [0.29, 0.717) is 5.69 Å². The first kappa shape index (κ1) is 17.2. The highest BCUT2D eigenvalue weighted by Gasteiger charge is 2.41. The normalized spacial score (nSPS) is 18.2. The van der Waals surface area contributed by atoms with Gasteiger partial charge in [-0.3, -0.25) is 9.59 Å². The summed E-state index contributed by atoms with van der Waals surface area (Å²) in [5.74, 6) is -1.20. The van der Waals surface area contributed by atoms with E-state index in [9.17, 15) is 18.0 Å². The number of benzene rings is 2. The van der Waals surface area contributed by atoms with Crippen LogP contribution in [-0.2, 0) is 19.4 Å². The Labute approximate surface area is 146 Å². The fourth-order valence-electron chi connectivity index (χ4n) is 2.77. The third-order valence-electron chi connectivity index (χ3n) is 4.16. The molecule has 2 aromatic carbocycles. The molecule has 3 rings (SSSR count). The Bertz CT molecular complexity index is 967. The molecule has 1 aliphatic heterocycles. The van der Waals surface area contributed by atoms with E-state index in [4.69, 9.17) is 0 Å². The van der Waals surface area contributed by atoms with Crippen LogP contribution in [0.2, 0.25) is 0 Å². The molecule has 1 aliphatic rings. The molecular weight excluding hydrogens is 340 g/mol. The van der Waals surface area contributed by atoms with Crippen molar-refractivity contribution in [2.75, 3.05) is 10.6 Å². The van der Waals surface area contributed by atoms with Crippen molar-refractivity contribution in [3.63, 3.8) is 0 Å². The van der Waals surface area contributed by atoms with E-state index in [0.717, 1.165) is 11.1 Å². The molecule has 1 atom stereocenters. The molecule has 0 aliphatic carbocycles. The molecule has 2 amide bonds. The number of rotatable bonds is 3.